The molecule has 0 unspecified atom stereocenters. The first-order chi connectivity index (χ1) is 11.3. The lowest BCUT2D eigenvalue weighted by molar-refractivity contribution is -0.143. The van der Waals surface area contributed by atoms with Gasteiger partial charge in [0, 0.05) is 13.0 Å². The number of unbranched alkanes of at least 4 members (excludes halogenated alkanes) is 14. The second kappa shape index (κ2) is 19.5. The molecule has 0 fully saturated rings. The Hall–Kier alpha value is -0.570. The molecule has 3 nitrogen and oxygen atoms in total. The van der Waals surface area contributed by atoms with E-state index in [1.165, 1.54) is 77.0 Å². The summed E-state index contributed by atoms with van der Waals surface area (Å²) in [5, 5.41) is 8.69. The van der Waals surface area contributed by atoms with E-state index in [2.05, 4.69) is 0 Å². The molecule has 1 N–H and O–H groups in total. The van der Waals surface area contributed by atoms with Crippen LogP contribution in [0.25, 0.3) is 0 Å². The van der Waals surface area contributed by atoms with Gasteiger partial charge >= 0.3 is 5.97 Å². The van der Waals surface area contributed by atoms with E-state index in [1.54, 1.807) is 0 Å². The average Bonchev–Trinajstić information content (AvgIpc) is 2.54. The fourth-order valence-corrected chi connectivity index (χ4v) is 2.91. The van der Waals surface area contributed by atoms with Crippen molar-refractivity contribution in [1.29, 1.82) is 0 Å². The number of hydrogen-bond acceptors (Lipinski definition) is 3. The Morgan fingerprint density at radius 1 is 0.652 bits per heavy atom. The van der Waals surface area contributed by atoms with Crippen LogP contribution >= 0.6 is 0 Å². The van der Waals surface area contributed by atoms with E-state index < -0.39 is 0 Å². The fourth-order valence-electron chi connectivity index (χ4n) is 2.91. The maximum absolute atomic E-state index is 11.2. The number of hydrogen-bond donors (Lipinski definition) is 1. The molecule has 0 aromatic carbocycles. The van der Waals surface area contributed by atoms with Gasteiger partial charge in [0.05, 0.1) is 6.61 Å². The summed E-state index contributed by atoms with van der Waals surface area (Å²) >= 11 is 0. The van der Waals surface area contributed by atoms with Gasteiger partial charge < -0.3 is 9.84 Å². The maximum Gasteiger partial charge on any atom is 0.305 e. The van der Waals surface area contributed by atoms with E-state index in [0.717, 1.165) is 19.3 Å². The van der Waals surface area contributed by atoms with Crippen molar-refractivity contribution in [3.8, 4) is 0 Å². The van der Waals surface area contributed by atoms with Gasteiger partial charge in [-0.3, -0.25) is 4.79 Å². The molecular weight excluding hydrogens is 288 g/mol. The molecule has 0 rings (SSSR count). The van der Waals surface area contributed by atoms with E-state index in [1.807, 2.05) is 6.92 Å². The van der Waals surface area contributed by atoms with Gasteiger partial charge in [0.2, 0.25) is 0 Å². The molecule has 0 atom stereocenters. The van der Waals surface area contributed by atoms with Gasteiger partial charge in [-0.05, 0) is 19.8 Å². The standard InChI is InChI=1S/C20H40O3/c1-2-23-20(22)18-16-14-12-10-8-6-4-3-5-7-9-11-13-15-17-19-21/h21H,2-19H2,1H3. The minimum atomic E-state index is -0.0408. The van der Waals surface area contributed by atoms with Gasteiger partial charge in [-0.15, -0.1) is 0 Å². The Morgan fingerprint density at radius 2 is 1.00 bits per heavy atom. The second-order valence-electron chi connectivity index (χ2n) is 6.58. The summed E-state index contributed by atoms with van der Waals surface area (Å²) < 4.78 is 4.92. The minimum Gasteiger partial charge on any atom is -0.466 e. The zero-order valence-corrected chi connectivity index (χ0v) is 15.5. The average molecular weight is 329 g/mol. The molecule has 0 spiro atoms. The Morgan fingerprint density at radius 3 is 1.35 bits per heavy atom. The molecule has 23 heavy (non-hydrogen) atoms. The van der Waals surface area contributed by atoms with E-state index >= 15 is 0 Å². The maximum atomic E-state index is 11.2. The summed E-state index contributed by atoms with van der Waals surface area (Å²) in [5.74, 6) is -0.0408. The van der Waals surface area contributed by atoms with Crippen LogP contribution in [0.5, 0.6) is 0 Å². The summed E-state index contributed by atoms with van der Waals surface area (Å²) in [4.78, 5) is 11.2. The van der Waals surface area contributed by atoms with Crippen LogP contribution in [-0.2, 0) is 9.53 Å². The van der Waals surface area contributed by atoms with Crippen LogP contribution in [0.2, 0.25) is 0 Å². The predicted octanol–water partition coefficient (Wildman–Crippen LogP) is 5.78. The van der Waals surface area contributed by atoms with Crippen molar-refractivity contribution in [2.45, 2.75) is 110 Å². The van der Waals surface area contributed by atoms with Gasteiger partial charge in [-0.1, -0.05) is 83.5 Å². The molecule has 0 aromatic rings. The van der Waals surface area contributed by atoms with E-state index in [9.17, 15) is 4.79 Å². The first-order valence-corrected chi connectivity index (χ1v) is 10.1. The Labute approximate surface area is 144 Å². The van der Waals surface area contributed by atoms with Crippen LogP contribution in [0, 0.1) is 0 Å². The lowest BCUT2D eigenvalue weighted by atomic mass is 10.0. The molecule has 0 amide bonds. The molecule has 0 radical (unpaired) electrons. The largest absolute Gasteiger partial charge is 0.466 e. The summed E-state index contributed by atoms with van der Waals surface area (Å²) in [6.45, 7) is 2.71. The minimum absolute atomic E-state index is 0.0408. The molecule has 0 aliphatic heterocycles. The first kappa shape index (κ1) is 22.4. The molecule has 0 bridgehead atoms. The summed E-state index contributed by atoms with van der Waals surface area (Å²) in [7, 11) is 0. The SMILES string of the molecule is CCOC(=O)CCCCCCCCCCCCCCCCCO. The van der Waals surface area contributed by atoms with E-state index in [-0.39, 0.29) is 5.97 Å². The van der Waals surface area contributed by atoms with E-state index in [0.29, 0.717) is 19.6 Å². The first-order valence-electron chi connectivity index (χ1n) is 10.1. The number of aliphatic hydroxyl groups is 1. The van der Waals surface area contributed by atoms with Crippen molar-refractivity contribution in [2.24, 2.45) is 0 Å². The molecule has 0 aliphatic rings. The predicted molar refractivity (Wildman–Crippen MR) is 97.6 cm³/mol. The van der Waals surface area contributed by atoms with Crippen LogP contribution in [0.4, 0.5) is 0 Å². The van der Waals surface area contributed by atoms with Crippen molar-refractivity contribution in [2.75, 3.05) is 13.2 Å². The summed E-state index contributed by atoms with van der Waals surface area (Å²) in [6, 6.07) is 0. The molecule has 0 aromatic heterocycles. The van der Waals surface area contributed by atoms with Crippen LogP contribution in [0.1, 0.15) is 110 Å². The van der Waals surface area contributed by atoms with Crippen LogP contribution in [0.3, 0.4) is 0 Å². The van der Waals surface area contributed by atoms with Crippen molar-refractivity contribution >= 4 is 5.97 Å². The fraction of sp³-hybridized carbons (Fsp3) is 0.950. The number of carbonyl (C=O) groups is 1. The molecule has 0 saturated carbocycles. The topological polar surface area (TPSA) is 46.5 Å². The Kier molecular flexibility index (Phi) is 19.0. The highest BCUT2D eigenvalue weighted by atomic mass is 16.5. The highest BCUT2D eigenvalue weighted by Crippen LogP contribution is 2.13. The molecule has 3 heteroatoms. The van der Waals surface area contributed by atoms with Crippen LogP contribution in [-0.4, -0.2) is 24.3 Å². The number of aliphatic hydroxyl groups excluding tert-OH is 1. The number of esters is 1. The van der Waals surface area contributed by atoms with Crippen LogP contribution in [0.15, 0.2) is 0 Å². The molecule has 138 valence electrons. The number of carbonyl (C=O) groups excluding carboxylic acids is 1. The Balaban J connectivity index is 3.01. The smallest absolute Gasteiger partial charge is 0.305 e. The highest BCUT2D eigenvalue weighted by Gasteiger charge is 2.00. The van der Waals surface area contributed by atoms with Gasteiger partial charge in [0.15, 0.2) is 0 Å². The third kappa shape index (κ3) is 19.4. The van der Waals surface area contributed by atoms with Gasteiger partial charge in [-0.25, -0.2) is 0 Å². The van der Waals surface area contributed by atoms with Crippen molar-refractivity contribution in [3.63, 3.8) is 0 Å². The third-order valence-corrected chi connectivity index (χ3v) is 4.34. The molecule has 0 heterocycles. The van der Waals surface area contributed by atoms with Gasteiger partial charge in [-0.2, -0.15) is 0 Å². The zero-order valence-electron chi connectivity index (χ0n) is 15.5. The van der Waals surface area contributed by atoms with E-state index in [4.69, 9.17) is 9.84 Å². The normalized spacial score (nSPS) is 10.9. The summed E-state index contributed by atoms with van der Waals surface area (Å²) in [6.07, 6.45) is 19.7. The quantitative estimate of drug-likeness (QED) is 0.256. The second-order valence-corrected chi connectivity index (χ2v) is 6.58. The van der Waals surface area contributed by atoms with Gasteiger partial charge in [0.25, 0.3) is 0 Å². The lowest BCUT2D eigenvalue weighted by Gasteiger charge is -2.04. The number of rotatable bonds is 18. The van der Waals surface area contributed by atoms with Crippen molar-refractivity contribution < 1.29 is 14.6 Å². The zero-order chi connectivity index (χ0) is 17.0. The molecule has 0 aliphatic carbocycles. The lowest BCUT2D eigenvalue weighted by Crippen LogP contribution is -2.03. The molecular formula is C20H40O3. The Bertz CT molecular complexity index is 241. The third-order valence-electron chi connectivity index (χ3n) is 4.34. The van der Waals surface area contributed by atoms with Gasteiger partial charge in [0.1, 0.15) is 0 Å². The van der Waals surface area contributed by atoms with Crippen molar-refractivity contribution in [1.82, 2.24) is 0 Å². The highest BCUT2D eigenvalue weighted by molar-refractivity contribution is 5.69. The monoisotopic (exact) mass is 328 g/mol. The van der Waals surface area contributed by atoms with Crippen LogP contribution < -0.4 is 0 Å². The van der Waals surface area contributed by atoms with Crippen molar-refractivity contribution in [3.05, 3.63) is 0 Å². The molecule has 0 saturated heterocycles. The summed E-state index contributed by atoms with van der Waals surface area (Å²) in [5.41, 5.74) is 0. The number of ether oxygens (including phenoxy) is 1.